The molecule has 0 spiro atoms. The molecule has 2 amide bonds. The Labute approximate surface area is 143 Å². The van der Waals surface area contributed by atoms with Gasteiger partial charge in [0.15, 0.2) is 0 Å². The van der Waals surface area contributed by atoms with Gasteiger partial charge in [-0.15, -0.1) is 0 Å². The highest BCUT2D eigenvalue weighted by Crippen LogP contribution is 2.15. The first-order valence-corrected chi connectivity index (χ1v) is 7.45. The number of hydrogen-bond donors (Lipinski definition) is 2. The quantitative estimate of drug-likeness (QED) is 0.430. The highest BCUT2D eigenvalue weighted by Gasteiger charge is 2.05. The molecule has 0 aliphatic rings. The number of nitrogens with zero attached hydrogens (tertiary/aromatic N) is 2. The number of nitro benzene ring substituents is 1. The molecule has 0 unspecified atom stereocenters. The van der Waals surface area contributed by atoms with Crippen molar-refractivity contribution in [3.63, 3.8) is 0 Å². The van der Waals surface area contributed by atoms with E-state index in [4.69, 9.17) is 0 Å². The normalized spacial score (nSPS) is 10.7. The van der Waals surface area contributed by atoms with Gasteiger partial charge in [0.2, 0.25) is 0 Å². The Morgan fingerprint density at radius 1 is 1.00 bits per heavy atom. The van der Waals surface area contributed by atoms with Gasteiger partial charge in [-0.3, -0.25) is 10.1 Å². The van der Waals surface area contributed by atoms with Gasteiger partial charge in [0.1, 0.15) is 0 Å². The molecule has 0 heterocycles. The smallest absolute Gasteiger partial charge is 0.307 e. The van der Waals surface area contributed by atoms with Crippen molar-refractivity contribution < 1.29 is 9.72 Å². The summed E-state index contributed by atoms with van der Waals surface area (Å²) >= 11 is 0. The maximum absolute atomic E-state index is 11.8. The van der Waals surface area contributed by atoms with E-state index in [1.807, 2.05) is 42.5 Å². The van der Waals surface area contributed by atoms with E-state index < -0.39 is 11.0 Å². The largest absolute Gasteiger partial charge is 0.339 e. The number of urea groups is 1. The maximum atomic E-state index is 11.8. The molecule has 3 aromatic carbocycles. The summed E-state index contributed by atoms with van der Waals surface area (Å²) in [4.78, 5) is 21.8. The number of non-ortho nitro benzene ring substituents is 1. The van der Waals surface area contributed by atoms with Crippen LogP contribution in [0.3, 0.4) is 0 Å². The number of nitro groups is 1. The topological polar surface area (TPSA) is 96.6 Å². The van der Waals surface area contributed by atoms with Crippen LogP contribution in [0, 0.1) is 10.1 Å². The first kappa shape index (κ1) is 16.1. The van der Waals surface area contributed by atoms with E-state index in [0.29, 0.717) is 5.69 Å². The molecule has 0 saturated heterocycles. The number of amides is 2. The Balaban J connectivity index is 1.59. The third-order valence-corrected chi connectivity index (χ3v) is 3.49. The Hall–Kier alpha value is -3.74. The van der Waals surface area contributed by atoms with Crippen molar-refractivity contribution in [1.82, 2.24) is 5.43 Å². The lowest BCUT2D eigenvalue weighted by Gasteiger charge is -2.03. The number of carbonyl (C=O) groups is 1. The molecule has 0 radical (unpaired) electrons. The van der Waals surface area contributed by atoms with Gasteiger partial charge >= 0.3 is 6.03 Å². The third kappa shape index (κ3) is 4.17. The van der Waals surface area contributed by atoms with E-state index in [1.165, 1.54) is 24.3 Å². The molecule has 3 rings (SSSR count). The highest BCUT2D eigenvalue weighted by atomic mass is 16.6. The minimum absolute atomic E-state index is 0.0414. The Morgan fingerprint density at radius 3 is 2.44 bits per heavy atom. The first-order chi connectivity index (χ1) is 12.1. The molecule has 7 nitrogen and oxygen atoms in total. The molecule has 0 fully saturated rings. The summed E-state index contributed by atoms with van der Waals surface area (Å²) in [6.07, 6.45) is 1.54. The van der Waals surface area contributed by atoms with E-state index in [2.05, 4.69) is 15.8 Å². The molecule has 0 atom stereocenters. The van der Waals surface area contributed by atoms with Crippen LogP contribution in [-0.4, -0.2) is 17.2 Å². The number of carbonyl (C=O) groups excluding carboxylic acids is 1. The molecule has 0 aliphatic heterocycles. The average molecular weight is 334 g/mol. The van der Waals surface area contributed by atoms with Gasteiger partial charge in [-0.2, -0.15) is 5.10 Å². The fourth-order valence-corrected chi connectivity index (χ4v) is 2.28. The number of benzene rings is 3. The van der Waals surface area contributed by atoms with Crippen molar-refractivity contribution in [1.29, 1.82) is 0 Å². The fourth-order valence-electron chi connectivity index (χ4n) is 2.28. The molecule has 124 valence electrons. The lowest BCUT2D eigenvalue weighted by molar-refractivity contribution is -0.384. The predicted octanol–water partition coefficient (Wildman–Crippen LogP) is 3.90. The number of nitrogens with one attached hydrogen (secondary N) is 2. The fraction of sp³-hybridized carbons (Fsp3) is 0. The van der Waals surface area contributed by atoms with Gasteiger partial charge < -0.3 is 5.32 Å². The van der Waals surface area contributed by atoms with E-state index in [-0.39, 0.29) is 5.69 Å². The lowest BCUT2D eigenvalue weighted by atomic mass is 10.1. The molecule has 2 N–H and O–H groups in total. The summed E-state index contributed by atoms with van der Waals surface area (Å²) in [6, 6.07) is 18.8. The van der Waals surface area contributed by atoms with Crippen molar-refractivity contribution in [2.45, 2.75) is 0 Å². The van der Waals surface area contributed by atoms with Crippen LogP contribution in [-0.2, 0) is 0 Å². The molecule has 0 bridgehead atoms. The predicted molar refractivity (Wildman–Crippen MR) is 96.8 cm³/mol. The van der Waals surface area contributed by atoms with Gasteiger partial charge in [-0.25, -0.2) is 10.2 Å². The van der Waals surface area contributed by atoms with Gasteiger partial charge in [-0.1, -0.05) is 36.4 Å². The van der Waals surface area contributed by atoms with Crippen LogP contribution in [0.4, 0.5) is 16.2 Å². The van der Waals surface area contributed by atoms with Crippen LogP contribution in [0.15, 0.2) is 71.8 Å². The Morgan fingerprint density at radius 2 is 1.72 bits per heavy atom. The monoisotopic (exact) mass is 334 g/mol. The number of hydrazone groups is 1. The van der Waals surface area contributed by atoms with Gasteiger partial charge in [0.25, 0.3) is 5.69 Å². The minimum Gasteiger partial charge on any atom is -0.307 e. The standard InChI is InChI=1S/C18H14N4O3/c23-18(20-16-7-9-17(10-8-16)22(24)25)21-19-12-13-5-6-14-3-1-2-4-15(14)11-13/h1-12H,(H2,20,21,23)/b19-12+. The number of rotatable bonds is 4. The van der Waals surface area contributed by atoms with Gasteiger partial charge in [0, 0.05) is 17.8 Å². The Kier molecular flexibility index (Phi) is 4.66. The molecular formula is C18H14N4O3. The maximum Gasteiger partial charge on any atom is 0.339 e. The molecule has 0 saturated carbocycles. The third-order valence-electron chi connectivity index (χ3n) is 3.49. The van der Waals surface area contributed by atoms with Crippen LogP contribution >= 0.6 is 0 Å². The summed E-state index contributed by atoms with van der Waals surface area (Å²) < 4.78 is 0. The van der Waals surface area contributed by atoms with E-state index in [9.17, 15) is 14.9 Å². The van der Waals surface area contributed by atoms with E-state index >= 15 is 0 Å². The van der Waals surface area contributed by atoms with Crippen LogP contribution in [0.2, 0.25) is 0 Å². The van der Waals surface area contributed by atoms with Gasteiger partial charge in [-0.05, 0) is 34.5 Å². The zero-order chi connectivity index (χ0) is 17.6. The number of anilines is 1. The molecule has 0 aliphatic carbocycles. The highest BCUT2D eigenvalue weighted by molar-refractivity contribution is 5.92. The van der Waals surface area contributed by atoms with Crippen LogP contribution < -0.4 is 10.7 Å². The summed E-state index contributed by atoms with van der Waals surface area (Å²) in [7, 11) is 0. The zero-order valence-corrected chi connectivity index (χ0v) is 13.0. The zero-order valence-electron chi connectivity index (χ0n) is 13.0. The van der Waals surface area contributed by atoms with Crippen LogP contribution in [0.25, 0.3) is 10.8 Å². The molecule has 3 aromatic rings. The van der Waals surface area contributed by atoms with Crippen molar-refractivity contribution >= 4 is 34.4 Å². The van der Waals surface area contributed by atoms with Crippen molar-refractivity contribution in [2.24, 2.45) is 5.10 Å². The molecule has 0 aromatic heterocycles. The number of hydrogen-bond acceptors (Lipinski definition) is 4. The summed E-state index contributed by atoms with van der Waals surface area (Å²) in [5.74, 6) is 0. The van der Waals surface area contributed by atoms with Gasteiger partial charge in [0.05, 0.1) is 11.1 Å². The minimum atomic E-state index is -0.536. The average Bonchev–Trinajstić information content (AvgIpc) is 2.62. The molecule has 7 heteroatoms. The second-order valence-electron chi connectivity index (χ2n) is 5.23. The molecule has 25 heavy (non-hydrogen) atoms. The first-order valence-electron chi connectivity index (χ1n) is 7.45. The second kappa shape index (κ2) is 7.22. The van der Waals surface area contributed by atoms with Crippen LogP contribution in [0.5, 0.6) is 0 Å². The lowest BCUT2D eigenvalue weighted by Crippen LogP contribution is -2.24. The second-order valence-corrected chi connectivity index (χ2v) is 5.23. The molecular weight excluding hydrogens is 320 g/mol. The summed E-state index contributed by atoms with van der Waals surface area (Å²) in [5.41, 5.74) is 3.60. The van der Waals surface area contributed by atoms with Crippen molar-refractivity contribution in [3.05, 3.63) is 82.4 Å². The Bertz CT molecular complexity index is 952. The van der Waals surface area contributed by atoms with E-state index in [1.54, 1.807) is 6.21 Å². The van der Waals surface area contributed by atoms with E-state index in [0.717, 1.165) is 16.3 Å². The van der Waals surface area contributed by atoms with Crippen LogP contribution in [0.1, 0.15) is 5.56 Å². The summed E-state index contributed by atoms with van der Waals surface area (Å²) in [6.45, 7) is 0. The summed E-state index contributed by atoms with van der Waals surface area (Å²) in [5, 5.41) is 19.2. The SMILES string of the molecule is O=C(N/N=C/c1ccc2ccccc2c1)Nc1ccc([N+](=O)[O-])cc1. The number of fused-ring (bicyclic) bond motifs is 1. The van der Waals surface area contributed by atoms with Crippen molar-refractivity contribution in [2.75, 3.05) is 5.32 Å². The van der Waals surface area contributed by atoms with Crippen molar-refractivity contribution in [3.8, 4) is 0 Å².